The summed E-state index contributed by atoms with van der Waals surface area (Å²) in [7, 11) is 1.67. The minimum atomic E-state index is -0.906. The van der Waals surface area contributed by atoms with Crippen LogP contribution in [0.2, 0.25) is 0 Å². The summed E-state index contributed by atoms with van der Waals surface area (Å²) >= 11 is 0. The van der Waals surface area contributed by atoms with E-state index in [-0.39, 0.29) is 0 Å². The van der Waals surface area contributed by atoms with Crippen molar-refractivity contribution in [2.24, 2.45) is 0 Å². The molecule has 0 heterocycles. The Hall–Kier alpha value is -2.13. The number of hydrogen-bond acceptors (Lipinski definition) is 2. The third-order valence-electron chi connectivity index (χ3n) is 2.73. The SMILES string of the molecule is COCc1ccc(-c2ccc(C(=O)O)cc2)cc1. The molecule has 3 nitrogen and oxygen atoms in total. The highest BCUT2D eigenvalue weighted by molar-refractivity contribution is 5.88. The van der Waals surface area contributed by atoms with E-state index in [1.54, 1.807) is 19.2 Å². The summed E-state index contributed by atoms with van der Waals surface area (Å²) in [6.07, 6.45) is 0. The van der Waals surface area contributed by atoms with Gasteiger partial charge in [0.05, 0.1) is 12.2 Å². The molecule has 2 rings (SSSR count). The summed E-state index contributed by atoms with van der Waals surface area (Å²) in [5.41, 5.74) is 3.48. The summed E-state index contributed by atoms with van der Waals surface area (Å²) in [6.45, 7) is 0.595. The Balaban J connectivity index is 2.23. The fourth-order valence-corrected chi connectivity index (χ4v) is 1.77. The predicted molar refractivity (Wildman–Crippen MR) is 69.6 cm³/mol. The zero-order valence-corrected chi connectivity index (χ0v) is 10.1. The summed E-state index contributed by atoms with van der Waals surface area (Å²) in [5, 5.41) is 8.83. The Bertz CT molecular complexity index is 527. The van der Waals surface area contributed by atoms with Crippen LogP contribution in [0.25, 0.3) is 11.1 Å². The first-order valence-electron chi connectivity index (χ1n) is 5.62. The minimum absolute atomic E-state index is 0.301. The van der Waals surface area contributed by atoms with E-state index in [9.17, 15) is 4.79 Å². The lowest BCUT2D eigenvalue weighted by molar-refractivity contribution is 0.0697. The van der Waals surface area contributed by atoms with E-state index in [1.165, 1.54) is 0 Å². The van der Waals surface area contributed by atoms with E-state index >= 15 is 0 Å². The van der Waals surface area contributed by atoms with Crippen molar-refractivity contribution in [3.63, 3.8) is 0 Å². The molecule has 0 radical (unpaired) electrons. The molecule has 0 aliphatic rings. The second kappa shape index (κ2) is 5.47. The molecule has 0 amide bonds. The average molecular weight is 242 g/mol. The van der Waals surface area contributed by atoms with Crippen LogP contribution in [0.3, 0.4) is 0 Å². The number of rotatable bonds is 4. The van der Waals surface area contributed by atoms with Crippen LogP contribution in [-0.4, -0.2) is 18.2 Å². The van der Waals surface area contributed by atoms with Crippen molar-refractivity contribution in [2.45, 2.75) is 6.61 Å². The first-order valence-corrected chi connectivity index (χ1v) is 5.62. The standard InChI is InChI=1S/C15H14O3/c1-18-10-11-2-4-12(5-3-11)13-6-8-14(9-7-13)15(16)17/h2-9H,10H2,1H3,(H,16,17). The van der Waals surface area contributed by atoms with Crippen molar-refractivity contribution in [1.82, 2.24) is 0 Å². The molecule has 18 heavy (non-hydrogen) atoms. The maximum absolute atomic E-state index is 10.8. The van der Waals surface area contributed by atoms with Crippen LogP contribution < -0.4 is 0 Å². The van der Waals surface area contributed by atoms with E-state index in [4.69, 9.17) is 9.84 Å². The molecule has 0 aliphatic carbocycles. The van der Waals surface area contributed by atoms with Gasteiger partial charge >= 0.3 is 5.97 Å². The summed E-state index contributed by atoms with van der Waals surface area (Å²) in [6, 6.07) is 14.9. The van der Waals surface area contributed by atoms with E-state index in [0.717, 1.165) is 16.7 Å². The summed E-state index contributed by atoms with van der Waals surface area (Å²) in [4.78, 5) is 10.8. The quantitative estimate of drug-likeness (QED) is 0.895. The molecule has 0 bridgehead atoms. The van der Waals surface area contributed by atoms with Crippen molar-refractivity contribution >= 4 is 5.97 Å². The van der Waals surface area contributed by atoms with Crippen LogP contribution in [0, 0.1) is 0 Å². The lowest BCUT2D eigenvalue weighted by atomic mass is 10.0. The van der Waals surface area contributed by atoms with Crippen LogP contribution in [0.4, 0.5) is 0 Å². The first kappa shape index (κ1) is 12.3. The predicted octanol–water partition coefficient (Wildman–Crippen LogP) is 3.20. The fraction of sp³-hybridized carbons (Fsp3) is 0.133. The number of ether oxygens (including phenoxy) is 1. The number of benzene rings is 2. The van der Waals surface area contributed by atoms with E-state index in [1.807, 2.05) is 36.4 Å². The molecule has 92 valence electrons. The second-order valence-corrected chi connectivity index (χ2v) is 4.01. The lowest BCUT2D eigenvalue weighted by Gasteiger charge is -2.04. The highest BCUT2D eigenvalue weighted by atomic mass is 16.5. The molecule has 0 saturated carbocycles. The maximum atomic E-state index is 10.8. The molecular weight excluding hydrogens is 228 g/mol. The number of hydrogen-bond donors (Lipinski definition) is 1. The molecule has 0 atom stereocenters. The van der Waals surface area contributed by atoms with Gasteiger partial charge in [-0.1, -0.05) is 36.4 Å². The third kappa shape index (κ3) is 2.76. The number of carboxylic acid groups (broad SMARTS) is 1. The van der Waals surface area contributed by atoms with Gasteiger partial charge < -0.3 is 9.84 Å². The van der Waals surface area contributed by atoms with Gasteiger partial charge in [-0.2, -0.15) is 0 Å². The van der Waals surface area contributed by atoms with Gasteiger partial charge in [0.15, 0.2) is 0 Å². The molecule has 0 spiro atoms. The van der Waals surface area contributed by atoms with Crippen molar-refractivity contribution in [1.29, 1.82) is 0 Å². The maximum Gasteiger partial charge on any atom is 0.335 e. The monoisotopic (exact) mass is 242 g/mol. The zero-order valence-electron chi connectivity index (χ0n) is 10.1. The Morgan fingerprint density at radius 1 is 1.00 bits per heavy atom. The average Bonchev–Trinajstić information content (AvgIpc) is 2.40. The van der Waals surface area contributed by atoms with Crippen LogP contribution in [0.1, 0.15) is 15.9 Å². The van der Waals surface area contributed by atoms with Gasteiger partial charge in [-0.3, -0.25) is 0 Å². The van der Waals surface area contributed by atoms with Crippen molar-refractivity contribution in [3.8, 4) is 11.1 Å². The molecule has 0 saturated heterocycles. The molecule has 0 unspecified atom stereocenters. The molecule has 3 heteroatoms. The molecular formula is C15H14O3. The highest BCUT2D eigenvalue weighted by Gasteiger charge is 2.03. The van der Waals surface area contributed by atoms with Gasteiger partial charge in [0.1, 0.15) is 0 Å². The smallest absolute Gasteiger partial charge is 0.335 e. The van der Waals surface area contributed by atoms with Crippen molar-refractivity contribution in [3.05, 3.63) is 59.7 Å². The largest absolute Gasteiger partial charge is 0.478 e. The Morgan fingerprint density at radius 3 is 1.94 bits per heavy atom. The number of carboxylic acids is 1. The summed E-state index contributed by atoms with van der Waals surface area (Å²) < 4.78 is 5.05. The number of methoxy groups -OCH3 is 1. The van der Waals surface area contributed by atoms with Gasteiger partial charge in [0.2, 0.25) is 0 Å². The highest BCUT2D eigenvalue weighted by Crippen LogP contribution is 2.20. The van der Waals surface area contributed by atoms with Crippen molar-refractivity contribution < 1.29 is 14.6 Å². The van der Waals surface area contributed by atoms with Gasteiger partial charge in [0.25, 0.3) is 0 Å². The molecule has 1 N–H and O–H groups in total. The van der Waals surface area contributed by atoms with E-state index in [2.05, 4.69) is 0 Å². The Morgan fingerprint density at radius 2 is 1.50 bits per heavy atom. The minimum Gasteiger partial charge on any atom is -0.478 e. The Kier molecular flexibility index (Phi) is 3.75. The van der Waals surface area contributed by atoms with Crippen LogP contribution in [0.5, 0.6) is 0 Å². The normalized spacial score (nSPS) is 10.3. The van der Waals surface area contributed by atoms with Crippen LogP contribution in [0.15, 0.2) is 48.5 Å². The van der Waals surface area contributed by atoms with E-state index in [0.29, 0.717) is 12.2 Å². The fourth-order valence-electron chi connectivity index (χ4n) is 1.77. The molecule has 0 fully saturated rings. The Labute approximate surface area is 106 Å². The van der Waals surface area contributed by atoms with Gasteiger partial charge in [-0.05, 0) is 28.8 Å². The topological polar surface area (TPSA) is 46.5 Å². The molecule has 2 aromatic rings. The van der Waals surface area contributed by atoms with Crippen molar-refractivity contribution in [2.75, 3.05) is 7.11 Å². The van der Waals surface area contributed by atoms with Gasteiger partial charge in [0, 0.05) is 7.11 Å². The second-order valence-electron chi connectivity index (χ2n) is 4.01. The third-order valence-corrected chi connectivity index (χ3v) is 2.73. The lowest BCUT2D eigenvalue weighted by Crippen LogP contribution is -1.95. The van der Waals surface area contributed by atoms with Crippen LogP contribution in [-0.2, 0) is 11.3 Å². The molecule has 0 aromatic heterocycles. The number of aromatic carboxylic acids is 1. The number of carbonyl (C=O) groups is 1. The zero-order chi connectivity index (χ0) is 13.0. The van der Waals surface area contributed by atoms with Crippen LogP contribution >= 0.6 is 0 Å². The first-order chi connectivity index (χ1) is 8.70. The molecule has 2 aromatic carbocycles. The van der Waals surface area contributed by atoms with Gasteiger partial charge in [-0.15, -0.1) is 0 Å². The molecule has 0 aliphatic heterocycles. The van der Waals surface area contributed by atoms with E-state index < -0.39 is 5.97 Å². The van der Waals surface area contributed by atoms with Gasteiger partial charge in [-0.25, -0.2) is 4.79 Å². The summed E-state index contributed by atoms with van der Waals surface area (Å²) in [5.74, 6) is -0.906.